The summed E-state index contributed by atoms with van der Waals surface area (Å²) in [6.45, 7) is 9.15. The molecule has 3 heterocycles. The summed E-state index contributed by atoms with van der Waals surface area (Å²) in [5.74, 6) is -3.73. The molecule has 3 aliphatic rings. The zero-order valence-electron chi connectivity index (χ0n) is 30.0. The molecule has 13 heteroatoms. The summed E-state index contributed by atoms with van der Waals surface area (Å²) in [7, 11) is 0. The number of carbonyl (C=O) groups excluding carboxylic acids is 6. The number of nitrogens with zero attached hydrogens (tertiary/aromatic N) is 1. The zero-order valence-corrected chi connectivity index (χ0v) is 30.0. The Morgan fingerprint density at radius 1 is 0.902 bits per heavy atom. The second-order valence-corrected chi connectivity index (χ2v) is 15.0. The first-order valence-electron chi connectivity index (χ1n) is 17.8. The van der Waals surface area contributed by atoms with Crippen LogP contribution in [0.3, 0.4) is 0 Å². The molecular weight excluding hydrogens is 652 g/mol. The number of esters is 1. The highest BCUT2D eigenvalue weighted by atomic mass is 16.6. The molecule has 0 bridgehead atoms. The van der Waals surface area contributed by atoms with E-state index in [4.69, 9.17) is 4.74 Å². The minimum atomic E-state index is -1.39. The van der Waals surface area contributed by atoms with Crippen molar-refractivity contribution in [2.45, 2.75) is 115 Å². The van der Waals surface area contributed by atoms with E-state index in [1.807, 2.05) is 56.3 Å². The molecule has 0 saturated carbocycles. The summed E-state index contributed by atoms with van der Waals surface area (Å²) in [6.07, 6.45) is 9.19. The van der Waals surface area contributed by atoms with Crippen molar-refractivity contribution in [3.8, 4) is 0 Å². The molecule has 2 aliphatic heterocycles. The van der Waals surface area contributed by atoms with Crippen LogP contribution in [0, 0.1) is 5.92 Å². The van der Waals surface area contributed by atoms with Gasteiger partial charge in [-0.2, -0.15) is 0 Å². The summed E-state index contributed by atoms with van der Waals surface area (Å²) in [5, 5.41) is 12.2. The van der Waals surface area contributed by atoms with Gasteiger partial charge in [-0.15, -0.1) is 0 Å². The van der Waals surface area contributed by atoms with Crippen molar-refractivity contribution in [1.82, 2.24) is 31.2 Å². The summed E-state index contributed by atoms with van der Waals surface area (Å²) >= 11 is 0. The molecule has 2 fully saturated rings. The molecule has 13 nitrogen and oxygen atoms in total. The Morgan fingerprint density at radius 3 is 2.31 bits per heavy atom. The number of para-hydroxylation sites is 1. The normalized spacial score (nSPS) is 25.3. The van der Waals surface area contributed by atoms with Crippen molar-refractivity contribution in [2.75, 3.05) is 6.54 Å². The molecule has 2 aromatic rings. The summed E-state index contributed by atoms with van der Waals surface area (Å²) < 4.78 is 5.53. The predicted octanol–water partition coefficient (Wildman–Crippen LogP) is 2.71. The van der Waals surface area contributed by atoms with Crippen molar-refractivity contribution in [3.63, 3.8) is 0 Å². The van der Waals surface area contributed by atoms with E-state index in [-0.39, 0.29) is 25.3 Å². The summed E-state index contributed by atoms with van der Waals surface area (Å²) in [4.78, 5) is 88.3. The van der Waals surface area contributed by atoms with Gasteiger partial charge in [-0.3, -0.25) is 28.8 Å². The van der Waals surface area contributed by atoms with Gasteiger partial charge in [0.05, 0.1) is 6.42 Å². The number of aromatic amines is 1. The number of hydrogen-bond donors (Lipinski definition) is 5. The number of H-pyrrole nitrogens is 1. The molecule has 0 radical (unpaired) electrons. The highest BCUT2D eigenvalue weighted by Gasteiger charge is 2.42. The molecular formula is C38H50N6O7. The quantitative estimate of drug-likeness (QED) is 0.218. The minimum absolute atomic E-state index is 0.0169. The smallest absolute Gasteiger partial charge is 0.308 e. The number of benzene rings is 1. The Kier molecular flexibility index (Phi) is 11.7. The fourth-order valence-electron chi connectivity index (χ4n) is 6.90. The zero-order chi connectivity index (χ0) is 36.9. The Labute approximate surface area is 298 Å². The lowest BCUT2D eigenvalue weighted by molar-refractivity contribution is -0.157. The first kappa shape index (κ1) is 37.3. The molecule has 274 valence electrons. The van der Waals surface area contributed by atoms with Crippen LogP contribution in [-0.4, -0.2) is 87.7 Å². The number of hydrogen-bond acceptors (Lipinski definition) is 7. The van der Waals surface area contributed by atoms with Gasteiger partial charge in [-0.25, -0.2) is 0 Å². The molecule has 2 saturated heterocycles. The van der Waals surface area contributed by atoms with Gasteiger partial charge in [0.25, 0.3) is 0 Å². The van der Waals surface area contributed by atoms with Gasteiger partial charge >= 0.3 is 5.97 Å². The number of fused-ring (bicyclic) bond motifs is 2. The lowest BCUT2D eigenvalue weighted by atomic mass is 9.96. The van der Waals surface area contributed by atoms with Crippen LogP contribution in [0.25, 0.3) is 10.9 Å². The molecule has 1 aromatic carbocycles. The highest BCUT2D eigenvalue weighted by molar-refractivity contribution is 6.00. The molecule has 5 amide bonds. The molecule has 51 heavy (non-hydrogen) atoms. The largest absolute Gasteiger partial charge is 0.460 e. The van der Waals surface area contributed by atoms with E-state index in [9.17, 15) is 28.8 Å². The monoisotopic (exact) mass is 702 g/mol. The first-order valence-corrected chi connectivity index (χ1v) is 17.8. The fourth-order valence-corrected chi connectivity index (χ4v) is 6.90. The average Bonchev–Trinajstić information content (AvgIpc) is 3.72. The summed E-state index contributed by atoms with van der Waals surface area (Å²) in [6, 6.07) is 1.89. The number of aromatic nitrogens is 1. The van der Waals surface area contributed by atoms with Crippen molar-refractivity contribution < 1.29 is 33.5 Å². The third-order valence-corrected chi connectivity index (χ3v) is 9.27. The van der Waals surface area contributed by atoms with Crippen LogP contribution >= 0.6 is 0 Å². The maximum absolute atomic E-state index is 14.3. The van der Waals surface area contributed by atoms with Crippen LogP contribution in [-0.2, 0) is 39.9 Å². The fraction of sp³-hybridized carbons (Fsp3) is 0.526. The molecule has 1 aromatic heterocycles. The van der Waals surface area contributed by atoms with Crippen molar-refractivity contribution >= 4 is 46.4 Å². The van der Waals surface area contributed by atoms with E-state index >= 15 is 0 Å². The SMILES string of the molecule is CC(C)C[C@@H]1NC(=O)[C@@H](C2=CCC=CC2)NC(=O)[C@@H]2CCCN2C(=O)[C@@H](CC(=O)OC(C)(C)C)NC(=O)[C@@H](Cc2c[nH]c3ccccc23)NC1=O. The Bertz CT molecular complexity index is 1720. The topological polar surface area (TPSA) is 179 Å². The number of rotatable bonds is 7. The number of nitrogens with one attached hydrogen (secondary N) is 5. The van der Waals surface area contributed by atoms with Gasteiger partial charge in [-0.05, 0) is 76.0 Å². The predicted molar refractivity (Wildman–Crippen MR) is 191 cm³/mol. The minimum Gasteiger partial charge on any atom is -0.460 e. The number of amides is 5. The standard InChI is InChI=1S/C38H50N6O7/c1-22(2)18-27-33(46)40-28(19-24-21-39-26-15-10-9-14-25(24)26)34(47)42-29(20-31(45)51-38(3,4)5)37(50)44-17-11-16-30(44)35(48)43-32(36(49)41-27)23-12-7-6-8-13-23/h6-7,9-10,13-15,21-22,27-30,32,39H,8,11-12,16-20H2,1-5H3,(H,40,46)(H,41,49)(H,42,47)(H,43,48)/t27-,28+,29+,30-,32+/m0/s1. The van der Waals surface area contributed by atoms with Crippen LogP contribution < -0.4 is 21.3 Å². The van der Waals surface area contributed by atoms with Crippen molar-refractivity contribution in [1.29, 1.82) is 0 Å². The number of carbonyl (C=O) groups is 6. The van der Waals surface area contributed by atoms with Gasteiger partial charge in [0.2, 0.25) is 29.5 Å². The lowest BCUT2D eigenvalue weighted by Crippen LogP contribution is -2.58. The van der Waals surface area contributed by atoms with E-state index in [0.717, 1.165) is 16.5 Å². The van der Waals surface area contributed by atoms with Crippen molar-refractivity contribution in [2.24, 2.45) is 5.92 Å². The number of ether oxygens (including phenoxy) is 1. The maximum atomic E-state index is 14.3. The highest BCUT2D eigenvalue weighted by Crippen LogP contribution is 2.24. The third kappa shape index (κ3) is 9.44. The molecule has 5 atom stereocenters. The average molecular weight is 703 g/mol. The van der Waals surface area contributed by atoms with Gasteiger partial charge < -0.3 is 35.9 Å². The van der Waals surface area contributed by atoms with Gasteiger partial charge in [-0.1, -0.05) is 50.3 Å². The van der Waals surface area contributed by atoms with Gasteiger partial charge in [0.15, 0.2) is 0 Å². The van der Waals surface area contributed by atoms with E-state index in [1.54, 1.807) is 27.0 Å². The molecule has 0 unspecified atom stereocenters. The van der Waals surface area contributed by atoms with Gasteiger partial charge in [0.1, 0.15) is 35.8 Å². The third-order valence-electron chi connectivity index (χ3n) is 9.27. The lowest BCUT2D eigenvalue weighted by Gasteiger charge is -2.31. The Balaban J connectivity index is 1.56. The van der Waals surface area contributed by atoms with E-state index in [1.165, 1.54) is 4.90 Å². The van der Waals surface area contributed by atoms with E-state index < -0.39 is 77.7 Å². The molecule has 5 rings (SSSR count). The second-order valence-electron chi connectivity index (χ2n) is 15.0. The van der Waals surface area contributed by atoms with Crippen LogP contribution in [0.2, 0.25) is 0 Å². The second kappa shape index (κ2) is 15.9. The van der Waals surface area contributed by atoms with Crippen LogP contribution in [0.1, 0.15) is 78.7 Å². The van der Waals surface area contributed by atoms with Crippen molar-refractivity contribution in [3.05, 3.63) is 59.8 Å². The molecule has 1 aliphatic carbocycles. The Morgan fingerprint density at radius 2 is 1.61 bits per heavy atom. The molecule has 0 spiro atoms. The van der Waals surface area contributed by atoms with Gasteiger partial charge in [0, 0.05) is 30.1 Å². The van der Waals surface area contributed by atoms with E-state index in [0.29, 0.717) is 31.3 Å². The van der Waals surface area contributed by atoms with E-state index in [2.05, 4.69) is 26.3 Å². The summed E-state index contributed by atoms with van der Waals surface area (Å²) in [5.41, 5.74) is 1.41. The Hall–Kier alpha value is -4.94. The maximum Gasteiger partial charge on any atom is 0.308 e. The first-order chi connectivity index (χ1) is 24.2. The van der Waals surface area contributed by atoms with Crippen LogP contribution in [0.4, 0.5) is 0 Å². The van der Waals surface area contributed by atoms with Crippen LogP contribution in [0.15, 0.2) is 54.3 Å². The van der Waals surface area contributed by atoms with Crippen LogP contribution in [0.5, 0.6) is 0 Å². The molecule has 5 N–H and O–H groups in total. The number of allylic oxidation sites excluding steroid dienone is 3.